The molecule has 1 aliphatic rings. The topological polar surface area (TPSA) is 60.7 Å². The van der Waals surface area contributed by atoms with E-state index in [1.165, 1.54) is 0 Å². The predicted octanol–water partition coefficient (Wildman–Crippen LogP) is -0.154. The Bertz CT molecular complexity index is 130. The lowest BCUT2D eigenvalue weighted by Crippen LogP contribution is -2.39. The maximum atomic E-state index is 6.74. The van der Waals surface area contributed by atoms with E-state index in [1.54, 1.807) is 0 Å². The van der Waals surface area contributed by atoms with Crippen molar-refractivity contribution in [2.24, 2.45) is 0 Å². The molecule has 3 N–H and O–H groups in total. The Morgan fingerprint density at radius 3 is 2.22 bits per heavy atom. The third kappa shape index (κ3) is 1.75. The lowest BCUT2D eigenvalue weighted by molar-refractivity contribution is 0.210. The van der Waals surface area contributed by atoms with Crippen molar-refractivity contribution in [3.05, 3.63) is 0 Å². The standard InChI is InChI=1S/C5H12O3Si/c6-9(7,8)5-3-1-2-4-5/h5-8H,1-4H2/i6T,7T,8T. The summed E-state index contributed by atoms with van der Waals surface area (Å²) in [6, 6.07) is 0. The van der Waals surface area contributed by atoms with Crippen molar-refractivity contribution in [1.29, 1.82) is 4.29 Å². The Labute approximate surface area is 59.8 Å². The van der Waals surface area contributed by atoms with E-state index in [4.69, 9.17) is 4.29 Å². The second-order valence-electron chi connectivity index (χ2n) is 2.58. The molecule has 3 nitrogen and oxygen atoms in total. The van der Waals surface area contributed by atoms with Gasteiger partial charge in [0.25, 0.3) is 0 Å². The number of hydrogen-bond donors (Lipinski definition) is 3. The van der Waals surface area contributed by atoms with Crippen molar-refractivity contribution in [2.45, 2.75) is 31.2 Å². The number of rotatable bonds is 4. The van der Waals surface area contributed by atoms with Gasteiger partial charge in [0.1, 0.15) is 0 Å². The minimum absolute atomic E-state index is 0.0370. The third-order valence-electron chi connectivity index (χ3n) is 1.86. The third-order valence-corrected chi connectivity index (χ3v) is 3.43. The minimum atomic E-state index is -3.28. The van der Waals surface area contributed by atoms with Crippen LogP contribution in [0.5, 0.6) is 0 Å². The van der Waals surface area contributed by atoms with E-state index < -0.39 is 8.80 Å². The van der Waals surface area contributed by atoms with Crippen molar-refractivity contribution in [2.75, 3.05) is 0 Å². The lowest BCUT2D eigenvalue weighted by atomic mass is 10.4. The van der Waals surface area contributed by atoms with Gasteiger partial charge in [-0.2, -0.15) is 0 Å². The quantitative estimate of drug-likeness (QED) is 0.493. The highest BCUT2D eigenvalue weighted by Crippen LogP contribution is 2.34. The van der Waals surface area contributed by atoms with Crippen LogP contribution in [-0.4, -0.2) is 27.5 Å². The Balaban J connectivity index is 2.61. The highest BCUT2D eigenvalue weighted by molar-refractivity contribution is 6.58. The maximum absolute atomic E-state index is 6.74. The largest absolute Gasteiger partial charge is 0.496 e. The van der Waals surface area contributed by atoms with Gasteiger partial charge < -0.3 is 14.4 Å². The van der Waals surface area contributed by atoms with Crippen LogP contribution in [0.25, 0.3) is 0 Å². The van der Waals surface area contributed by atoms with Crippen LogP contribution in [0, 0.1) is 0 Å². The summed E-state index contributed by atoms with van der Waals surface area (Å²) in [7, 11) is -3.28. The first-order valence-electron chi connectivity index (χ1n) is 4.44. The fourth-order valence-corrected chi connectivity index (χ4v) is 2.39. The Hall–Kier alpha value is 0.0969. The Morgan fingerprint density at radius 2 is 1.78 bits per heavy atom. The van der Waals surface area contributed by atoms with Crippen LogP contribution >= 0.6 is 0 Å². The molecule has 0 amide bonds. The zero-order valence-electron chi connectivity index (χ0n) is 8.13. The summed E-state index contributed by atoms with van der Waals surface area (Å²) in [5.41, 5.74) is -0.0370. The second-order valence-corrected chi connectivity index (χ2v) is 4.61. The Morgan fingerprint density at radius 1 is 1.22 bits per heavy atom. The first-order valence-corrected chi connectivity index (χ1v) is 5.02. The molecule has 0 spiro atoms. The van der Waals surface area contributed by atoms with Gasteiger partial charge >= 0.3 is 8.80 Å². The Kier molecular flexibility index (Phi) is 1.08. The van der Waals surface area contributed by atoms with Gasteiger partial charge in [-0.3, -0.25) is 0 Å². The second kappa shape index (κ2) is 2.38. The minimum Gasteiger partial charge on any atom is -0.390 e. The smallest absolute Gasteiger partial charge is 0.390 e. The average molecular weight is 154 g/mol. The molecular weight excluding hydrogens is 136 g/mol. The van der Waals surface area contributed by atoms with E-state index in [2.05, 4.69) is 14.4 Å². The molecule has 0 atom stereocenters. The van der Waals surface area contributed by atoms with Gasteiger partial charge in [-0.15, -0.1) is 0 Å². The molecule has 1 fully saturated rings. The van der Waals surface area contributed by atoms with Crippen LogP contribution in [-0.2, 0) is 0 Å². The van der Waals surface area contributed by atoms with Gasteiger partial charge in [0.05, 0.1) is 0 Å². The van der Waals surface area contributed by atoms with Crippen molar-refractivity contribution in [3.8, 4) is 0 Å². The monoisotopic (exact) mass is 154 g/mol. The van der Waals surface area contributed by atoms with E-state index >= 15 is 0 Å². The molecule has 0 aromatic rings. The fourth-order valence-electron chi connectivity index (χ4n) is 1.28. The van der Waals surface area contributed by atoms with Crippen LogP contribution in [0.3, 0.4) is 0 Å². The van der Waals surface area contributed by atoms with Crippen molar-refractivity contribution < 1.29 is 14.4 Å². The van der Waals surface area contributed by atoms with E-state index in [9.17, 15) is 0 Å². The SMILES string of the molecule is [3H]O[Si](O[3H])(O[3H])C1CCCC1. The molecule has 0 unspecified atom stereocenters. The van der Waals surface area contributed by atoms with E-state index in [1.807, 2.05) is 0 Å². The molecule has 0 bridgehead atoms. The highest BCUT2D eigenvalue weighted by atomic mass is 28.4. The molecule has 1 saturated carbocycles. The van der Waals surface area contributed by atoms with Crippen molar-refractivity contribution in [3.63, 3.8) is 0 Å². The highest BCUT2D eigenvalue weighted by Gasteiger charge is 2.40. The van der Waals surface area contributed by atoms with E-state index in [-0.39, 0.29) is 5.54 Å². The summed E-state index contributed by atoms with van der Waals surface area (Å²) in [5, 5.41) is 0. The molecule has 0 saturated heterocycles. The molecule has 4 heteroatoms. The molecule has 0 heterocycles. The van der Waals surface area contributed by atoms with Crippen molar-refractivity contribution >= 4 is 8.80 Å². The molecule has 0 aromatic heterocycles. The summed E-state index contributed by atoms with van der Waals surface area (Å²) in [6.45, 7) is 0. The van der Waals surface area contributed by atoms with Gasteiger partial charge in [-0.05, 0) is 12.8 Å². The molecule has 9 heavy (non-hydrogen) atoms. The van der Waals surface area contributed by atoms with Crippen molar-refractivity contribution in [1.82, 2.24) is 0 Å². The molecule has 54 valence electrons. The normalized spacial score (nSPS) is 27.3. The zero-order chi connectivity index (χ0) is 9.03. The molecule has 1 rings (SSSR count). The fraction of sp³-hybridized carbons (Fsp3) is 1.00. The van der Waals surface area contributed by atoms with Gasteiger partial charge in [-0.1, -0.05) is 12.8 Å². The molecule has 0 radical (unpaired) electrons. The molecule has 0 aromatic carbocycles. The van der Waals surface area contributed by atoms with Gasteiger partial charge in [-0.25, -0.2) is 0 Å². The summed E-state index contributed by atoms with van der Waals surface area (Å²) < 4.78 is 20.2. The molecular formula is C5H12O3Si. The lowest BCUT2D eigenvalue weighted by Gasteiger charge is -2.15. The van der Waals surface area contributed by atoms with Crippen LogP contribution in [0.4, 0.5) is 0 Å². The van der Waals surface area contributed by atoms with Crippen LogP contribution < -0.4 is 0 Å². The number of hydrogen-bond acceptors (Lipinski definition) is 3. The first kappa shape index (κ1) is 4.08. The maximum Gasteiger partial charge on any atom is 0.496 e. The summed E-state index contributed by atoms with van der Waals surface area (Å²) in [4.78, 5) is 12.9. The van der Waals surface area contributed by atoms with Gasteiger partial charge in [0, 0.05) is 5.54 Å². The molecule has 0 aliphatic heterocycles. The average Bonchev–Trinajstić information content (AvgIpc) is 2.62. The van der Waals surface area contributed by atoms with Crippen LogP contribution in [0.1, 0.15) is 25.7 Å². The summed E-state index contributed by atoms with van der Waals surface area (Å²) >= 11 is 0. The van der Waals surface area contributed by atoms with Gasteiger partial charge in [0.2, 0.25) is 0 Å². The molecule has 1 aliphatic carbocycles. The van der Waals surface area contributed by atoms with Crippen LogP contribution in [0.2, 0.25) is 5.54 Å². The van der Waals surface area contributed by atoms with Gasteiger partial charge in [0.15, 0.2) is 4.29 Å². The van der Waals surface area contributed by atoms with E-state index in [0.717, 1.165) is 25.7 Å². The predicted molar refractivity (Wildman–Crippen MR) is 34.6 cm³/mol. The van der Waals surface area contributed by atoms with Crippen LogP contribution in [0.15, 0.2) is 0 Å². The first-order chi connectivity index (χ1) is 5.79. The summed E-state index contributed by atoms with van der Waals surface area (Å²) in [5.74, 6) is 0. The zero-order valence-corrected chi connectivity index (χ0v) is 6.13. The van der Waals surface area contributed by atoms with E-state index in [0.29, 0.717) is 0 Å². The summed E-state index contributed by atoms with van der Waals surface area (Å²) in [6.07, 6.45) is 3.75.